The van der Waals surface area contributed by atoms with Crippen molar-refractivity contribution in [2.45, 2.75) is 58.7 Å². The number of amides is 1. The zero-order chi connectivity index (χ0) is 22.3. The highest BCUT2D eigenvalue weighted by Gasteiger charge is 2.28. The minimum absolute atomic E-state index is 0.0532. The minimum atomic E-state index is -0.540. The van der Waals surface area contributed by atoms with Gasteiger partial charge in [-0.25, -0.2) is 4.79 Å². The summed E-state index contributed by atoms with van der Waals surface area (Å²) >= 11 is 0. The molecule has 1 aliphatic heterocycles. The molecule has 1 amide bonds. The second-order valence-corrected chi connectivity index (χ2v) is 8.64. The van der Waals surface area contributed by atoms with Gasteiger partial charge in [-0.05, 0) is 45.7 Å². The normalized spacial score (nSPS) is 15.9. The number of likely N-dealkylation sites (tertiary alicyclic amines) is 1. The summed E-state index contributed by atoms with van der Waals surface area (Å²) < 4.78 is 10.9. The smallest absolute Gasteiger partial charge is 0.332 e. The first-order chi connectivity index (χ1) is 14.1. The summed E-state index contributed by atoms with van der Waals surface area (Å²) in [6, 6.07) is 8.45. The van der Waals surface area contributed by atoms with Gasteiger partial charge in [0.1, 0.15) is 12.2 Å². The van der Waals surface area contributed by atoms with E-state index in [-0.39, 0.29) is 30.8 Å². The molecule has 30 heavy (non-hydrogen) atoms. The Morgan fingerprint density at radius 2 is 1.77 bits per heavy atom. The van der Waals surface area contributed by atoms with E-state index in [0.717, 1.165) is 0 Å². The fraction of sp³-hybridized carbons (Fsp3) is 0.565. The van der Waals surface area contributed by atoms with Crippen LogP contribution in [0.15, 0.2) is 24.3 Å². The average Bonchev–Trinajstić information content (AvgIpc) is 2.70. The van der Waals surface area contributed by atoms with Crippen molar-refractivity contribution < 1.29 is 23.9 Å². The SMILES string of the molecule is C[C@H](CC(=O)c1ccc(C#N)cc1)C(=O)N1CCC(OCC(=O)OC(C)(C)C)CC1. The van der Waals surface area contributed by atoms with Crippen molar-refractivity contribution >= 4 is 17.7 Å². The van der Waals surface area contributed by atoms with Crippen molar-refractivity contribution in [2.75, 3.05) is 19.7 Å². The molecular weight excluding hydrogens is 384 g/mol. The van der Waals surface area contributed by atoms with Gasteiger partial charge in [-0.2, -0.15) is 5.26 Å². The van der Waals surface area contributed by atoms with Crippen LogP contribution in [0.25, 0.3) is 0 Å². The first-order valence-electron chi connectivity index (χ1n) is 10.2. The molecule has 1 fully saturated rings. The number of carbonyl (C=O) groups is 3. The van der Waals surface area contributed by atoms with E-state index in [2.05, 4.69) is 0 Å². The van der Waals surface area contributed by atoms with Gasteiger partial charge < -0.3 is 14.4 Å². The van der Waals surface area contributed by atoms with Gasteiger partial charge in [0.25, 0.3) is 0 Å². The molecule has 1 aromatic rings. The zero-order valence-electron chi connectivity index (χ0n) is 18.1. The molecule has 0 saturated carbocycles. The van der Waals surface area contributed by atoms with Crippen LogP contribution in [0.3, 0.4) is 0 Å². The molecule has 0 N–H and O–H groups in total. The Balaban J connectivity index is 1.76. The molecular formula is C23H30N2O5. The van der Waals surface area contributed by atoms with E-state index < -0.39 is 17.5 Å². The monoisotopic (exact) mass is 414 g/mol. The van der Waals surface area contributed by atoms with Crippen molar-refractivity contribution in [3.8, 4) is 6.07 Å². The molecule has 0 radical (unpaired) electrons. The number of ketones is 1. The number of nitriles is 1. The van der Waals surface area contributed by atoms with Crippen molar-refractivity contribution in [2.24, 2.45) is 5.92 Å². The fourth-order valence-corrected chi connectivity index (χ4v) is 3.33. The maximum atomic E-state index is 12.7. The van der Waals surface area contributed by atoms with Gasteiger partial charge in [-0.15, -0.1) is 0 Å². The van der Waals surface area contributed by atoms with E-state index in [0.29, 0.717) is 37.1 Å². The summed E-state index contributed by atoms with van der Waals surface area (Å²) in [5, 5.41) is 8.84. The van der Waals surface area contributed by atoms with Crippen LogP contribution in [-0.2, 0) is 19.1 Å². The Hall–Kier alpha value is -2.72. The number of hydrogen-bond acceptors (Lipinski definition) is 6. The zero-order valence-corrected chi connectivity index (χ0v) is 18.1. The molecule has 1 heterocycles. The third kappa shape index (κ3) is 7.27. The Morgan fingerprint density at radius 1 is 1.17 bits per heavy atom. The lowest BCUT2D eigenvalue weighted by atomic mass is 9.97. The number of nitrogens with zero attached hydrogens (tertiary/aromatic N) is 2. The lowest BCUT2D eigenvalue weighted by molar-refractivity contribution is -0.163. The van der Waals surface area contributed by atoms with E-state index in [9.17, 15) is 14.4 Å². The number of ether oxygens (including phenoxy) is 2. The molecule has 2 rings (SSSR count). The number of hydrogen-bond donors (Lipinski definition) is 0. The predicted octanol–water partition coefficient (Wildman–Crippen LogP) is 3.12. The van der Waals surface area contributed by atoms with Gasteiger partial charge in [-0.3, -0.25) is 9.59 Å². The molecule has 0 spiro atoms. The Morgan fingerprint density at radius 3 is 2.30 bits per heavy atom. The number of Topliss-reactive ketones (excluding diaryl/α,β-unsaturated/α-hetero) is 1. The van der Waals surface area contributed by atoms with Crippen LogP contribution in [0.1, 0.15) is 62.9 Å². The predicted molar refractivity (Wildman–Crippen MR) is 111 cm³/mol. The van der Waals surface area contributed by atoms with E-state index in [1.807, 2.05) is 26.8 Å². The number of rotatable bonds is 7. The second kappa shape index (κ2) is 10.4. The molecule has 1 saturated heterocycles. The first-order valence-corrected chi connectivity index (χ1v) is 10.2. The number of esters is 1. The third-order valence-electron chi connectivity index (χ3n) is 4.86. The minimum Gasteiger partial charge on any atom is -0.458 e. The average molecular weight is 415 g/mol. The highest BCUT2D eigenvalue weighted by Crippen LogP contribution is 2.19. The van der Waals surface area contributed by atoms with Crippen LogP contribution < -0.4 is 0 Å². The topological polar surface area (TPSA) is 96.7 Å². The van der Waals surface area contributed by atoms with E-state index in [1.54, 1.807) is 36.1 Å². The largest absolute Gasteiger partial charge is 0.458 e. The molecule has 1 atom stereocenters. The molecule has 0 aliphatic carbocycles. The standard InChI is InChI=1S/C23H30N2O5/c1-16(13-20(26)18-7-5-17(14-24)6-8-18)22(28)25-11-9-19(10-12-25)29-15-21(27)30-23(2,3)4/h5-8,16,19H,9-13,15H2,1-4H3/t16-/m1/s1. The summed E-state index contributed by atoms with van der Waals surface area (Å²) in [7, 11) is 0. The van der Waals surface area contributed by atoms with E-state index in [4.69, 9.17) is 14.7 Å². The number of carbonyl (C=O) groups excluding carboxylic acids is 3. The molecule has 1 aromatic carbocycles. The lowest BCUT2D eigenvalue weighted by Crippen LogP contribution is -2.44. The Kier molecular flexibility index (Phi) is 8.13. The highest BCUT2D eigenvalue weighted by atomic mass is 16.6. The Labute approximate surface area is 177 Å². The van der Waals surface area contributed by atoms with Gasteiger partial charge in [0.05, 0.1) is 17.7 Å². The molecule has 0 bridgehead atoms. The lowest BCUT2D eigenvalue weighted by Gasteiger charge is -2.33. The first kappa shape index (κ1) is 23.6. The second-order valence-electron chi connectivity index (χ2n) is 8.64. The van der Waals surface area contributed by atoms with Crippen LogP contribution in [0.5, 0.6) is 0 Å². The van der Waals surface area contributed by atoms with Gasteiger partial charge in [0.2, 0.25) is 5.91 Å². The highest BCUT2D eigenvalue weighted by molar-refractivity contribution is 5.98. The molecule has 0 unspecified atom stereocenters. The molecule has 162 valence electrons. The van der Waals surface area contributed by atoms with Crippen LogP contribution in [-0.4, -0.2) is 54.0 Å². The molecule has 0 aromatic heterocycles. The van der Waals surface area contributed by atoms with Crippen LogP contribution >= 0.6 is 0 Å². The quantitative estimate of drug-likeness (QED) is 0.502. The summed E-state index contributed by atoms with van der Waals surface area (Å²) in [6.45, 7) is 8.16. The van der Waals surface area contributed by atoms with Crippen molar-refractivity contribution in [3.63, 3.8) is 0 Å². The number of benzene rings is 1. The maximum Gasteiger partial charge on any atom is 0.332 e. The van der Waals surface area contributed by atoms with Gasteiger partial charge in [0.15, 0.2) is 5.78 Å². The van der Waals surface area contributed by atoms with Crippen molar-refractivity contribution in [1.29, 1.82) is 5.26 Å². The van der Waals surface area contributed by atoms with Crippen molar-refractivity contribution in [3.05, 3.63) is 35.4 Å². The fourth-order valence-electron chi connectivity index (χ4n) is 3.33. The number of piperidine rings is 1. The molecule has 1 aliphatic rings. The van der Waals surface area contributed by atoms with Gasteiger partial charge >= 0.3 is 5.97 Å². The van der Waals surface area contributed by atoms with Crippen LogP contribution in [0.2, 0.25) is 0 Å². The van der Waals surface area contributed by atoms with Crippen molar-refractivity contribution in [1.82, 2.24) is 4.90 Å². The summed E-state index contributed by atoms with van der Waals surface area (Å²) in [6.07, 6.45) is 1.33. The van der Waals surface area contributed by atoms with E-state index in [1.165, 1.54) is 0 Å². The third-order valence-corrected chi connectivity index (χ3v) is 4.86. The van der Waals surface area contributed by atoms with Crippen LogP contribution in [0, 0.1) is 17.2 Å². The van der Waals surface area contributed by atoms with Crippen LogP contribution in [0.4, 0.5) is 0 Å². The summed E-state index contributed by atoms with van der Waals surface area (Å²) in [5.41, 5.74) is 0.456. The maximum absolute atomic E-state index is 12.7. The summed E-state index contributed by atoms with van der Waals surface area (Å²) in [4.78, 5) is 38.6. The Bertz CT molecular complexity index is 796. The molecule has 7 heteroatoms. The van der Waals surface area contributed by atoms with Gasteiger partial charge in [-0.1, -0.05) is 19.1 Å². The summed E-state index contributed by atoms with van der Waals surface area (Å²) in [5.74, 6) is -0.984. The van der Waals surface area contributed by atoms with E-state index >= 15 is 0 Å². The molecule has 7 nitrogen and oxygen atoms in total. The van der Waals surface area contributed by atoms with Gasteiger partial charge in [0, 0.05) is 31.0 Å².